The molecule has 9 nitrogen and oxygen atoms in total. The van der Waals surface area contributed by atoms with Gasteiger partial charge in [-0.2, -0.15) is 5.10 Å². The molecule has 0 aliphatic heterocycles. The van der Waals surface area contributed by atoms with Crippen LogP contribution < -0.4 is 10.6 Å². The van der Waals surface area contributed by atoms with E-state index in [2.05, 4.69) is 27.9 Å². The molecule has 0 spiro atoms. The maximum Gasteiger partial charge on any atom is 0.408 e. The number of carbonyl (C=O) groups is 3. The van der Waals surface area contributed by atoms with Crippen molar-refractivity contribution in [3.05, 3.63) is 89.8 Å². The minimum absolute atomic E-state index is 0.00808. The Bertz CT molecular complexity index is 1200. The molecule has 0 radical (unpaired) electrons. The first kappa shape index (κ1) is 22.8. The molecule has 1 heterocycles. The minimum atomic E-state index is -1.12. The molecule has 0 fully saturated rings. The summed E-state index contributed by atoms with van der Waals surface area (Å²) in [7, 11) is 1.65. The summed E-state index contributed by atoms with van der Waals surface area (Å²) in [4.78, 5) is 36.1. The van der Waals surface area contributed by atoms with E-state index in [4.69, 9.17) is 9.84 Å². The molecule has 34 heavy (non-hydrogen) atoms. The molecule has 9 heteroatoms. The normalized spacial score (nSPS) is 13.2. The van der Waals surface area contributed by atoms with E-state index in [1.54, 1.807) is 13.1 Å². The van der Waals surface area contributed by atoms with Crippen LogP contribution in [0.3, 0.4) is 0 Å². The highest BCUT2D eigenvalue weighted by atomic mass is 16.5. The number of alkyl carbamates (subject to hydrolysis) is 1. The number of fused-ring (bicyclic) bond motifs is 3. The van der Waals surface area contributed by atoms with Crippen molar-refractivity contribution in [3.8, 4) is 11.1 Å². The molecule has 1 aliphatic carbocycles. The molecule has 0 bridgehead atoms. The number of carbonyl (C=O) groups excluding carboxylic acids is 2. The van der Waals surface area contributed by atoms with E-state index in [9.17, 15) is 14.4 Å². The molecule has 1 unspecified atom stereocenters. The van der Waals surface area contributed by atoms with E-state index >= 15 is 0 Å². The molecule has 0 saturated carbocycles. The van der Waals surface area contributed by atoms with Gasteiger partial charge in [0.25, 0.3) is 0 Å². The number of aliphatic carboxylic acids is 1. The third-order valence-electron chi connectivity index (χ3n) is 5.68. The number of hydrogen-bond donors (Lipinski definition) is 3. The fraction of sp³-hybridized carbons (Fsp3) is 0.200. The third kappa shape index (κ3) is 4.83. The summed E-state index contributed by atoms with van der Waals surface area (Å²) in [6.07, 6.45) is 3.00. The maximum atomic E-state index is 12.8. The number of rotatable bonds is 8. The molecule has 1 atom stereocenters. The van der Waals surface area contributed by atoms with Gasteiger partial charge in [-0.15, -0.1) is 0 Å². The van der Waals surface area contributed by atoms with Crippen LogP contribution in [0, 0.1) is 0 Å². The number of benzene rings is 2. The Morgan fingerprint density at radius 1 is 1.09 bits per heavy atom. The Labute approximate surface area is 196 Å². The van der Waals surface area contributed by atoms with Crippen LogP contribution in [-0.4, -0.2) is 46.0 Å². The number of carboxylic acid groups (broad SMARTS) is 1. The van der Waals surface area contributed by atoms with Crippen LogP contribution in [0.1, 0.15) is 28.8 Å². The number of carboxylic acids is 1. The zero-order valence-electron chi connectivity index (χ0n) is 18.5. The van der Waals surface area contributed by atoms with E-state index in [1.807, 2.05) is 36.4 Å². The summed E-state index contributed by atoms with van der Waals surface area (Å²) in [5.74, 6) is -1.75. The average molecular weight is 460 g/mol. The van der Waals surface area contributed by atoms with Crippen molar-refractivity contribution < 1.29 is 24.2 Å². The lowest BCUT2D eigenvalue weighted by Gasteiger charge is -2.19. The summed E-state index contributed by atoms with van der Waals surface area (Å²) in [6, 6.07) is 16.6. The van der Waals surface area contributed by atoms with Gasteiger partial charge in [0.05, 0.1) is 5.69 Å². The van der Waals surface area contributed by atoms with Crippen LogP contribution in [0.15, 0.2) is 72.9 Å². The summed E-state index contributed by atoms with van der Waals surface area (Å²) in [6.45, 7) is 0.104. The fourth-order valence-electron chi connectivity index (χ4n) is 4.12. The zero-order chi connectivity index (χ0) is 24.1. The van der Waals surface area contributed by atoms with E-state index in [0.717, 1.165) is 28.3 Å². The highest BCUT2D eigenvalue weighted by molar-refractivity contribution is 5.87. The largest absolute Gasteiger partial charge is 0.478 e. The van der Waals surface area contributed by atoms with Gasteiger partial charge in [0, 0.05) is 31.8 Å². The fourth-order valence-corrected chi connectivity index (χ4v) is 4.12. The second-order valence-corrected chi connectivity index (χ2v) is 7.77. The van der Waals surface area contributed by atoms with Crippen molar-refractivity contribution in [2.75, 3.05) is 13.2 Å². The number of nitrogens with zero attached hydrogens (tertiary/aromatic N) is 2. The monoisotopic (exact) mass is 460 g/mol. The second kappa shape index (κ2) is 10.0. The molecule has 0 saturated heterocycles. The van der Waals surface area contributed by atoms with Crippen LogP contribution in [0.25, 0.3) is 11.1 Å². The highest BCUT2D eigenvalue weighted by Crippen LogP contribution is 2.44. The molecule has 4 rings (SSSR count). The molecule has 1 aliphatic rings. The van der Waals surface area contributed by atoms with Crippen molar-refractivity contribution >= 4 is 18.0 Å². The molecule has 1 aromatic heterocycles. The first-order valence-electron chi connectivity index (χ1n) is 10.7. The standard InChI is InChI=1S/C25H24N4O5/c1-29-21(12-14-27-29)23(24(32)26-13-6-11-22(30)31)28-25(33)34-15-20-18-9-4-2-7-16(18)17-8-3-5-10-19(17)20/h2-12,14,20,23H,13,15H2,1H3,(H,26,32)(H,28,33)(H,30,31)/b11-6+. The highest BCUT2D eigenvalue weighted by Gasteiger charge is 2.30. The lowest BCUT2D eigenvalue weighted by atomic mass is 9.98. The first-order chi connectivity index (χ1) is 16.5. The van der Waals surface area contributed by atoms with E-state index in [-0.39, 0.29) is 19.1 Å². The second-order valence-electron chi connectivity index (χ2n) is 7.77. The Hall–Kier alpha value is -4.40. The van der Waals surface area contributed by atoms with Crippen LogP contribution in [0.4, 0.5) is 4.79 Å². The van der Waals surface area contributed by atoms with Crippen molar-refractivity contribution in [3.63, 3.8) is 0 Å². The predicted octanol–water partition coefficient (Wildman–Crippen LogP) is 2.76. The summed E-state index contributed by atoms with van der Waals surface area (Å²) < 4.78 is 7.04. The van der Waals surface area contributed by atoms with Crippen LogP contribution in [0.2, 0.25) is 0 Å². The number of ether oxygens (including phenoxy) is 1. The Morgan fingerprint density at radius 2 is 1.74 bits per heavy atom. The summed E-state index contributed by atoms with van der Waals surface area (Å²) in [5.41, 5.74) is 4.86. The van der Waals surface area contributed by atoms with Crippen LogP contribution in [-0.2, 0) is 21.4 Å². The number of nitrogens with one attached hydrogen (secondary N) is 2. The Kier molecular flexibility index (Phi) is 6.72. The Morgan fingerprint density at radius 3 is 2.32 bits per heavy atom. The van der Waals surface area contributed by atoms with Crippen molar-refractivity contribution in [1.29, 1.82) is 0 Å². The SMILES string of the molecule is Cn1nccc1C(NC(=O)OCC1c2ccccc2-c2ccccc21)C(=O)NC/C=C/C(=O)O. The van der Waals surface area contributed by atoms with Gasteiger partial charge < -0.3 is 20.5 Å². The topological polar surface area (TPSA) is 123 Å². The molecular formula is C25H24N4O5. The van der Waals surface area contributed by atoms with Crippen molar-refractivity contribution in [1.82, 2.24) is 20.4 Å². The third-order valence-corrected chi connectivity index (χ3v) is 5.68. The minimum Gasteiger partial charge on any atom is -0.478 e. The van der Waals surface area contributed by atoms with Gasteiger partial charge in [-0.1, -0.05) is 54.6 Å². The van der Waals surface area contributed by atoms with Crippen LogP contribution in [0.5, 0.6) is 0 Å². The predicted molar refractivity (Wildman–Crippen MR) is 124 cm³/mol. The molecule has 3 N–H and O–H groups in total. The number of aryl methyl sites for hydroxylation is 1. The van der Waals surface area contributed by atoms with Crippen LogP contribution >= 0.6 is 0 Å². The quantitative estimate of drug-likeness (QED) is 0.444. The van der Waals surface area contributed by atoms with Crippen molar-refractivity contribution in [2.24, 2.45) is 7.05 Å². The number of aromatic nitrogens is 2. The molecular weight excluding hydrogens is 436 g/mol. The number of amides is 2. The molecule has 2 aromatic carbocycles. The van der Waals surface area contributed by atoms with Gasteiger partial charge in [-0.3, -0.25) is 9.48 Å². The van der Waals surface area contributed by atoms with E-state index < -0.39 is 24.0 Å². The van der Waals surface area contributed by atoms with Gasteiger partial charge in [0.15, 0.2) is 6.04 Å². The Balaban J connectivity index is 1.45. The van der Waals surface area contributed by atoms with E-state index in [1.165, 1.54) is 17.0 Å². The lowest BCUT2D eigenvalue weighted by molar-refractivity contribution is -0.131. The first-order valence-corrected chi connectivity index (χ1v) is 10.7. The van der Waals surface area contributed by atoms with Gasteiger partial charge in [-0.25, -0.2) is 9.59 Å². The lowest BCUT2D eigenvalue weighted by Crippen LogP contribution is -2.41. The van der Waals surface area contributed by atoms with Gasteiger partial charge in [-0.05, 0) is 28.3 Å². The van der Waals surface area contributed by atoms with E-state index in [0.29, 0.717) is 5.69 Å². The van der Waals surface area contributed by atoms with Gasteiger partial charge in [0.1, 0.15) is 6.61 Å². The number of hydrogen-bond acceptors (Lipinski definition) is 5. The average Bonchev–Trinajstić information content (AvgIpc) is 3.39. The molecule has 174 valence electrons. The maximum absolute atomic E-state index is 12.8. The van der Waals surface area contributed by atoms with Crippen molar-refractivity contribution in [2.45, 2.75) is 12.0 Å². The summed E-state index contributed by atoms with van der Waals surface area (Å²) in [5, 5.41) is 17.9. The van der Waals surface area contributed by atoms with Gasteiger partial charge in [0.2, 0.25) is 5.91 Å². The van der Waals surface area contributed by atoms with Gasteiger partial charge >= 0.3 is 12.1 Å². The molecule has 2 amide bonds. The zero-order valence-corrected chi connectivity index (χ0v) is 18.5. The molecule has 3 aromatic rings. The summed E-state index contributed by atoms with van der Waals surface area (Å²) >= 11 is 0. The smallest absolute Gasteiger partial charge is 0.408 e.